The van der Waals surface area contributed by atoms with Crippen LogP contribution in [0.4, 0.5) is 0 Å². The highest BCUT2D eigenvalue weighted by atomic mass is 35.5. The average molecular weight is 453 g/mol. The first kappa shape index (κ1) is 21.9. The quantitative estimate of drug-likeness (QED) is 0.684. The molecular weight excluding hydrogens is 423 g/mol. The highest BCUT2D eigenvalue weighted by Crippen LogP contribution is 2.42. The molecule has 1 aromatic carbocycles. The predicted molar refractivity (Wildman–Crippen MR) is 118 cm³/mol. The molecule has 0 atom stereocenters. The fourth-order valence-corrected chi connectivity index (χ4v) is 5.77. The Hall–Kier alpha value is -1.30. The van der Waals surface area contributed by atoms with Crippen molar-refractivity contribution in [2.75, 3.05) is 39.4 Å². The SMILES string of the molecule is O=C(CC1CCN(C(=O)C2(c3ccc(Cl)cc3Cl)CCOCC2)CC1)N1CCCC1. The Morgan fingerprint density at radius 2 is 1.67 bits per heavy atom. The molecule has 3 aliphatic rings. The maximum Gasteiger partial charge on any atom is 0.233 e. The van der Waals surface area contributed by atoms with Crippen LogP contribution in [0.2, 0.25) is 10.0 Å². The molecule has 3 fully saturated rings. The van der Waals surface area contributed by atoms with Crippen LogP contribution in [0.3, 0.4) is 0 Å². The molecule has 7 heteroatoms. The third-order valence-corrected chi connectivity index (χ3v) is 7.57. The largest absolute Gasteiger partial charge is 0.381 e. The molecule has 3 aliphatic heterocycles. The van der Waals surface area contributed by atoms with Gasteiger partial charge in [0.2, 0.25) is 11.8 Å². The van der Waals surface area contributed by atoms with Crippen LogP contribution in [-0.2, 0) is 19.7 Å². The zero-order valence-electron chi connectivity index (χ0n) is 17.4. The van der Waals surface area contributed by atoms with Gasteiger partial charge >= 0.3 is 0 Å². The molecule has 0 saturated carbocycles. The lowest BCUT2D eigenvalue weighted by molar-refractivity contribution is -0.143. The van der Waals surface area contributed by atoms with E-state index in [1.54, 1.807) is 6.07 Å². The number of benzene rings is 1. The molecule has 3 heterocycles. The summed E-state index contributed by atoms with van der Waals surface area (Å²) in [6.07, 6.45) is 5.87. The number of hydrogen-bond donors (Lipinski definition) is 0. The summed E-state index contributed by atoms with van der Waals surface area (Å²) in [7, 11) is 0. The van der Waals surface area contributed by atoms with Crippen LogP contribution in [0.25, 0.3) is 0 Å². The van der Waals surface area contributed by atoms with Gasteiger partial charge in [0, 0.05) is 55.9 Å². The van der Waals surface area contributed by atoms with Crippen LogP contribution in [0.1, 0.15) is 50.5 Å². The minimum atomic E-state index is -0.655. The summed E-state index contributed by atoms with van der Waals surface area (Å²) >= 11 is 12.6. The summed E-state index contributed by atoms with van der Waals surface area (Å²) in [5, 5.41) is 1.12. The number of likely N-dealkylation sites (tertiary alicyclic amines) is 2. The van der Waals surface area contributed by atoms with E-state index in [4.69, 9.17) is 27.9 Å². The Kier molecular flexibility index (Phi) is 6.91. The normalized spacial score (nSPS) is 22.3. The van der Waals surface area contributed by atoms with Crippen molar-refractivity contribution in [2.45, 2.75) is 50.4 Å². The van der Waals surface area contributed by atoms with Gasteiger partial charge in [-0.1, -0.05) is 29.3 Å². The number of carbonyl (C=O) groups excluding carboxylic acids is 2. The molecule has 0 aliphatic carbocycles. The second-order valence-electron chi connectivity index (χ2n) is 8.85. The zero-order valence-corrected chi connectivity index (χ0v) is 18.9. The first-order valence-electron chi connectivity index (χ1n) is 11.1. The molecule has 0 radical (unpaired) electrons. The van der Waals surface area contributed by atoms with Gasteiger partial charge < -0.3 is 14.5 Å². The molecule has 0 unspecified atom stereocenters. The maximum atomic E-state index is 13.8. The van der Waals surface area contributed by atoms with Crippen LogP contribution >= 0.6 is 23.2 Å². The molecule has 0 aromatic heterocycles. The maximum absolute atomic E-state index is 13.8. The van der Waals surface area contributed by atoms with Crippen molar-refractivity contribution in [2.24, 2.45) is 5.92 Å². The molecular formula is C23H30Cl2N2O3. The van der Waals surface area contributed by atoms with E-state index < -0.39 is 5.41 Å². The van der Waals surface area contributed by atoms with Crippen LogP contribution < -0.4 is 0 Å². The number of halogens is 2. The molecule has 0 spiro atoms. The lowest BCUT2D eigenvalue weighted by atomic mass is 9.72. The number of ether oxygens (including phenoxy) is 1. The van der Waals surface area contributed by atoms with Gasteiger partial charge in [-0.25, -0.2) is 0 Å². The topological polar surface area (TPSA) is 49.9 Å². The summed E-state index contributed by atoms with van der Waals surface area (Å²) in [5.74, 6) is 0.789. The van der Waals surface area contributed by atoms with Gasteiger partial charge in [0.1, 0.15) is 0 Å². The fraction of sp³-hybridized carbons (Fsp3) is 0.652. The van der Waals surface area contributed by atoms with Crippen molar-refractivity contribution in [3.8, 4) is 0 Å². The second-order valence-corrected chi connectivity index (χ2v) is 9.69. The monoisotopic (exact) mass is 452 g/mol. The molecule has 164 valence electrons. The molecule has 4 rings (SSSR count). The highest BCUT2D eigenvalue weighted by Gasteiger charge is 2.46. The van der Waals surface area contributed by atoms with Crippen molar-refractivity contribution in [1.82, 2.24) is 9.80 Å². The van der Waals surface area contributed by atoms with Crippen LogP contribution in [-0.4, -0.2) is 61.0 Å². The summed E-state index contributed by atoms with van der Waals surface area (Å²) < 4.78 is 5.57. The van der Waals surface area contributed by atoms with E-state index in [2.05, 4.69) is 0 Å². The lowest BCUT2D eigenvalue weighted by Gasteiger charge is -2.42. The first-order valence-corrected chi connectivity index (χ1v) is 11.9. The van der Waals surface area contributed by atoms with Crippen molar-refractivity contribution in [3.63, 3.8) is 0 Å². The summed E-state index contributed by atoms with van der Waals surface area (Å²) in [6.45, 7) is 4.30. The Morgan fingerprint density at radius 3 is 2.30 bits per heavy atom. The van der Waals surface area contributed by atoms with E-state index in [1.807, 2.05) is 21.9 Å². The van der Waals surface area contributed by atoms with Crippen molar-refractivity contribution < 1.29 is 14.3 Å². The van der Waals surface area contributed by atoms with E-state index in [-0.39, 0.29) is 11.8 Å². The van der Waals surface area contributed by atoms with E-state index in [0.29, 0.717) is 61.5 Å². The lowest BCUT2D eigenvalue weighted by Crippen LogP contribution is -2.52. The number of rotatable bonds is 4. The Morgan fingerprint density at radius 1 is 1.00 bits per heavy atom. The van der Waals surface area contributed by atoms with Gasteiger partial charge in [0.05, 0.1) is 5.41 Å². The highest BCUT2D eigenvalue weighted by molar-refractivity contribution is 6.35. The van der Waals surface area contributed by atoms with E-state index in [9.17, 15) is 9.59 Å². The third kappa shape index (κ3) is 4.49. The zero-order chi connectivity index (χ0) is 21.1. The van der Waals surface area contributed by atoms with Gasteiger partial charge in [-0.2, -0.15) is 0 Å². The van der Waals surface area contributed by atoms with E-state index in [1.165, 1.54) is 0 Å². The molecule has 3 saturated heterocycles. The average Bonchev–Trinajstić information content (AvgIpc) is 3.29. The van der Waals surface area contributed by atoms with Gasteiger partial charge in [0.15, 0.2) is 0 Å². The number of piperidine rings is 1. The smallest absolute Gasteiger partial charge is 0.233 e. The predicted octanol–water partition coefficient (Wildman–Crippen LogP) is 4.29. The van der Waals surface area contributed by atoms with Crippen molar-refractivity contribution >= 4 is 35.0 Å². The van der Waals surface area contributed by atoms with Crippen LogP contribution in [0.5, 0.6) is 0 Å². The van der Waals surface area contributed by atoms with Gasteiger partial charge in [-0.3, -0.25) is 9.59 Å². The van der Waals surface area contributed by atoms with E-state index in [0.717, 1.165) is 44.3 Å². The fourth-order valence-electron chi connectivity index (χ4n) is 5.18. The van der Waals surface area contributed by atoms with Crippen molar-refractivity contribution in [3.05, 3.63) is 33.8 Å². The number of carbonyl (C=O) groups is 2. The number of hydrogen-bond acceptors (Lipinski definition) is 3. The first-order chi connectivity index (χ1) is 14.5. The number of amides is 2. The Balaban J connectivity index is 1.43. The van der Waals surface area contributed by atoms with Gasteiger partial charge in [0.25, 0.3) is 0 Å². The van der Waals surface area contributed by atoms with Crippen LogP contribution in [0.15, 0.2) is 18.2 Å². The molecule has 1 aromatic rings. The molecule has 0 N–H and O–H groups in total. The molecule has 5 nitrogen and oxygen atoms in total. The van der Waals surface area contributed by atoms with E-state index >= 15 is 0 Å². The minimum absolute atomic E-state index is 0.138. The van der Waals surface area contributed by atoms with Crippen LogP contribution in [0, 0.1) is 5.92 Å². The third-order valence-electron chi connectivity index (χ3n) is 7.03. The number of nitrogens with zero attached hydrogens (tertiary/aromatic N) is 2. The Bertz CT molecular complexity index is 781. The minimum Gasteiger partial charge on any atom is -0.381 e. The Labute approximate surface area is 188 Å². The van der Waals surface area contributed by atoms with Gasteiger partial charge in [-0.15, -0.1) is 0 Å². The second kappa shape index (κ2) is 9.46. The molecule has 30 heavy (non-hydrogen) atoms. The summed E-state index contributed by atoms with van der Waals surface area (Å²) in [5.41, 5.74) is 0.200. The molecule has 0 bridgehead atoms. The molecule has 2 amide bonds. The van der Waals surface area contributed by atoms with Gasteiger partial charge in [-0.05, 0) is 62.1 Å². The standard InChI is InChI=1S/C23H30Cl2N2O3/c24-18-3-4-19(20(25)16-18)23(7-13-30-14-8-23)22(29)27-11-5-17(6-12-27)15-21(28)26-9-1-2-10-26/h3-4,16-17H,1-2,5-15H2. The summed E-state index contributed by atoms with van der Waals surface area (Å²) in [6, 6.07) is 5.43. The van der Waals surface area contributed by atoms with Crippen molar-refractivity contribution in [1.29, 1.82) is 0 Å². The summed E-state index contributed by atoms with van der Waals surface area (Å²) in [4.78, 5) is 30.2.